The van der Waals surface area contributed by atoms with Gasteiger partial charge in [0.2, 0.25) is 15.9 Å². The molecule has 0 radical (unpaired) electrons. The van der Waals surface area contributed by atoms with E-state index in [0.717, 1.165) is 10.4 Å². The molecule has 0 bridgehead atoms. The second-order valence-electron chi connectivity index (χ2n) is 8.79. The maximum absolute atomic E-state index is 14.0. The van der Waals surface area contributed by atoms with Gasteiger partial charge in [-0.25, -0.2) is 13.4 Å². The number of anilines is 1. The van der Waals surface area contributed by atoms with Crippen molar-refractivity contribution in [2.24, 2.45) is 5.92 Å². The number of aromatic nitrogens is 2. The van der Waals surface area contributed by atoms with E-state index < -0.39 is 15.9 Å². The van der Waals surface area contributed by atoms with Gasteiger partial charge in [0.25, 0.3) is 0 Å². The number of nitrogens with zero attached hydrogens (tertiary/aromatic N) is 4. The molecule has 1 aliphatic rings. The zero-order valence-corrected chi connectivity index (χ0v) is 22.1. The number of benzene rings is 2. The van der Waals surface area contributed by atoms with E-state index in [1.54, 1.807) is 41.4 Å². The van der Waals surface area contributed by atoms with E-state index in [4.69, 9.17) is 9.72 Å². The summed E-state index contributed by atoms with van der Waals surface area (Å²) >= 11 is 1.41. The number of carbonyl (C=O) groups is 1. The Kier molecular flexibility index (Phi) is 7.50. The Morgan fingerprint density at radius 1 is 1.11 bits per heavy atom. The van der Waals surface area contributed by atoms with E-state index in [2.05, 4.69) is 4.98 Å². The van der Waals surface area contributed by atoms with E-state index in [9.17, 15) is 13.2 Å². The minimum absolute atomic E-state index is 0.129. The molecule has 10 heteroatoms. The fourth-order valence-corrected chi connectivity index (χ4v) is 7.05. The number of amides is 1. The molecule has 1 fully saturated rings. The molecular weight excluding hydrogens is 508 g/mol. The van der Waals surface area contributed by atoms with Crippen molar-refractivity contribution >= 4 is 42.6 Å². The second kappa shape index (κ2) is 11.0. The molecule has 4 aromatic rings. The van der Waals surface area contributed by atoms with Crippen molar-refractivity contribution < 1.29 is 17.9 Å². The lowest BCUT2D eigenvalue weighted by Gasteiger charge is -2.33. The molecule has 0 saturated carbocycles. The molecule has 1 aliphatic heterocycles. The van der Waals surface area contributed by atoms with Gasteiger partial charge in [-0.3, -0.25) is 14.7 Å². The lowest BCUT2D eigenvalue weighted by atomic mass is 9.98. The quantitative estimate of drug-likeness (QED) is 0.323. The average Bonchev–Trinajstić information content (AvgIpc) is 3.38. The highest BCUT2D eigenvalue weighted by atomic mass is 32.2. The highest BCUT2D eigenvalue weighted by Gasteiger charge is 2.36. The van der Waals surface area contributed by atoms with Crippen LogP contribution in [0.5, 0.6) is 5.75 Å². The smallest absolute Gasteiger partial charge is 0.243 e. The van der Waals surface area contributed by atoms with Gasteiger partial charge in [0.1, 0.15) is 11.3 Å². The number of thiazole rings is 1. The maximum atomic E-state index is 14.0. The Morgan fingerprint density at radius 3 is 2.68 bits per heavy atom. The lowest BCUT2D eigenvalue weighted by Crippen LogP contribution is -2.46. The van der Waals surface area contributed by atoms with Gasteiger partial charge in [-0.1, -0.05) is 41.7 Å². The monoisotopic (exact) mass is 536 g/mol. The van der Waals surface area contributed by atoms with Crippen molar-refractivity contribution in [2.45, 2.75) is 31.2 Å². The van der Waals surface area contributed by atoms with Gasteiger partial charge in [-0.2, -0.15) is 4.31 Å². The summed E-state index contributed by atoms with van der Waals surface area (Å²) in [5.74, 6) is 0.0236. The number of carbonyl (C=O) groups excluding carboxylic acids is 1. The van der Waals surface area contributed by atoms with Gasteiger partial charge in [0.05, 0.1) is 34.4 Å². The minimum Gasteiger partial charge on any atom is -0.492 e. The van der Waals surface area contributed by atoms with Crippen LogP contribution in [-0.2, 0) is 21.4 Å². The van der Waals surface area contributed by atoms with Crippen LogP contribution in [0.15, 0.2) is 77.8 Å². The van der Waals surface area contributed by atoms with Crippen LogP contribution in [0, 0.1) is 5.92 Å². The van der Waals surface area contributed by atoms with Crippen LogP contribution in [0.25, 0.3) is 10.2 Å². The molecule has 1 atom stereocenters. The Morgan fingerprint density at radius 2 is 1.92 bits per heavy atom. The summed E-state index contributed by atoms with van der Waals surface area (Å²) in [5.41, 5.74) is 1.44. The first kappa shape index (κ1) is 25.3. The summed E-state index contributed by atoms with van der Waals surface area (Å²) in [6, 6.07) is 19.7. The van der Waals surface area contributed by atoms with Crippen LogP contribution in [0.3, 0.4) is 0 Å². The largest absolute Gasteiger partial charge is 0.492 e. The molecule has 2 aromatic carbocycles. The van der Waals surface area contributed by atoms with Crippen LogP contribution >= 0.6 is 11.3 Å². The van der Waals surface area contributed by atoms with Crippen LogP contribution in [0.4, 0.5) is 5.13 Å². The third-order valence-electron chi connectivity index (χ3n) is 6.33. The molecule has 1 amide bonds. The Balaban J connectivity index is 1.47. The number of ether oxygens (including phenoxy) is 1. The number of para-hydroxylation sites is 1. The summed E-state index contributed by atoms with van der Waals surface area (Å²) in [5, 5.41) is 0.542. The van der Waals surface area contributed by atoms with Crippen molar-refractivity contribution in [3.8, 4) is 5.75 Å². The second-order valence-corrected chi connectivity index (χ2v) is 11.7. The molecule has 0 spiro atoms. The first-order chi connectivity index (χ1) is 18.0. The van der Waals surface area contributed by atoms with Crippen molar-refractivity contribution in [1.29, 1.82) is 0 Å². The number of piperidine rings is 1. The molecule has 5 rings (SSSR count). The molecule has 2 aromatic heterocycles. The number of fused-ring (bicyclic) bond motifs is 1. The highest BCUT2D eigenvalue weighted by molar-refractivity contribution is 7.89. The molecule has 1 saturated heterocycles. The number of pyridine rings is 1. The van der Waals surface area contributed by atoms with Crippen LogP contribution < -0.4 is 9.64 Å². The van der Waals surface area contributed by atoms with Crippen molar-refractivity contribution in [3.63, 3.8) is 0 Å². The van der Waals surface area contributed by atoms with Gasteiger partial charge in [0.15, 0.2) is 5.13 Å². The fraction of sp³-hybridized carbons (Fsp3) is 0.296. The number of sulfonamides is 1. The summed E-state index contributed by atoms with van der Waals surface area (Å²) in [6.45, 7) is 3.19. The van der Waals surface area contributed by atoms with E-state index >= 15 is 0 Å². The van der Waals surface area contributed by atoms with Gasteiger partial charge < -0.3 is 4.74 Å². The van der Waals surface area contributed by atoms with Gasteiger partial charge in [-0.15, -0.1) is 0 Å². The Hall–Kier alpha value is -3.34. The zero-order chi connectivity index (χ0) is 25.8. The summed E-state index contributed by atoms with van der Waals surface area (Å²) in [7, 11) is -3.69. The van der Waals surface area contributed by atoms with Crippen molar-refractivity contribution in [2.75, 3.05) is 24.6 Å². The summed E-state index contributed by atoms with van der Waals surface area (Å²) in [6.07, 6.45) is 2.90. The molecule has 37 heavy (non-hydrogen) atoms. The topological polar surface area (TPSA) is 92.7 Å². The molecule has 192 valence electrons. The molecule has 0 aliphatic carbocycles. The number of hydrogen-bond acceptors (Lipinski definition) is 7. The van der Waals surface area contributed by atoms with Gasteiger partial charge >= 0.3 is 0 Å². The number of hydrogen-bond donors (Lipinski definition) is 0. The predicted molar refractivity (Wildman–Crippen MR) is 144 cm³/mol. The zero-order valence-electron chi connectivity index (χ0n) is 20.5. The third-order valence-corrected chi connectivity index (χ3v) is 9.25. The van der Waals surface area contributed by atoms with Crippen LogP contribution in [0.1, 0.15) is 25.5 Å². The van der Waals surface area contributed by atoms with E-state index in [-0.39, 0.29) is 23.9 Å². The molecule has 0 N–H and O–H groups in total. The Bertz CT molecular complexity index is 1480. The van der Waals surface area contributed by atoms with Gasteiger partial charge in [0, 0.05) is 19.3 Å². The molecular formula is C27H28N4O4S2. The van der Waals surface area contributed by atoms with E-state index in [1.807, 2.05) is 43.3 Å². The normalized spacial score (nSPS) is 16.5. The predicted octanol–water partition coefficient (Wildman–Crippen LogP) is 4.72. The van der Waals surface area contributed by atoms with Crippen molar-refractivity contribution in [1.82, 2.24) is 14.3 Å². The fourth-order valence-electron chi connectivity index (χ4n) is 4.52. The molecule has 8 nitrogen and oxygen atoms in total. The summed E-state index contributed by atoms with van der Waals surface area (Å²) < 4.78 is 34.6. The van der Waals surface area contributed by atoms with Crippen LogP contribution in [-0.4, -0.2) is 48.3 Å². The Labute approximate surface area is 220 Å². The maximum Gasteiger partial charge on any atom is 0.243 e. The molecule has 1 unspecified atom stereocenters. The number of rotatable bonds is 8. The highest BCUT2D eigenvalue weighted by Crippen LogP contribution is 2.36. The standard InChI is InChI=1S/C27H28N4O4S2/c1-2-35-23-14-8-15-24-25(23)29-27(36-24)31(19-21-11-6-7-16-28-21)26(32)20-10-9-17-30(18-20)37(33,34)22-12-4-3-5-13-22/h3-8,11-16,20H,2,9-10,17-19H2,1H3. The SMILES string of the molecule is CCOc1cccc2sc(N(Cc3ccccn3)C(=O)C3CCCN(S(=O)(=O)c4ccccc4)C3)nc12. The summed E-state index contributed by atoms with van der Waals surface area (Å²) in [4.78, 5) is 25.1. The van der Waals surface area contributed by atoms with E-state index in [1.165, 1.54) is 15.6 Å². The van der Waals surface area contributed by atoms with Crippen molar-refractivity contribution in [3.05, 3.63) is 78.6 Å². The van der Waals surface area contributed by atoms with Gasteiger partial charge in [-0.05, 0) is 56.2 Å². The molecule has 3 heterocycles. The first-order valence-electron chi connectivity index (χ1n) is 12.3. The minimum atomic E-state index is -3.69. The first-order valence-corrected chi connectivity index (χ1v) is 14.5. The van der Waals surface area contributed by atoms with Crippen LogP contribution in [0.2, 0.25) is 0 Å². The van der Waals surface area contributed by atoms with E-state index in [0.29, 0.717) is 42.4 Å². The third kappa shape index (κ3) is 5.36. The average molecular weight is 537 g/mol. The lowest BCUT2D eigenvalue weighted by molar-refractivity contribution is -0.123.